The summed E-state index contributed by atoms with van der Waals surface area (Å²) in [6, 6.07) is 14.0. The summed E-state index contributed by atoms with van der Waals surface area (Å²) in [6.45, 7) is 3.51. The van der Waals surface area contributed by atoms with E-state index in [9.17, 15) is 13.2 Å². The zero-order chi connectivity index (χ0) is 20.9. The van der Waals surface area contributed by atoms with Gasteiger partial charge >= 0.3 is 0 Å². The topological polar surface area (TPSA) is 84.9 Å². The number of sulfonamides is 1. The molecule has 1 unspecified atom stereocenters. The van der Waals surface area contributed by atoms with E-state index in [2.05, 4.69) is 5.32 Å². The summed E-state index contributed by atoms with van der Waals surface area (Å²) in [5.41, 5.74) is 2.10. The van der Waals surface area contributed by atoms with Crippen LogP contribution in [0.4, 0.5) is 0 Å². The molecule has 29 heavy (non-hydrogen) atoms. The molecule has 1 aliphatic rings. The highest BCUT2D eigenvalue weighted by Gasteiger charge is 2.24. The van der Waals surface area contributed by atoms with Crippen molar-refractivity contribution in [2.45, 2.75) is 18.7 Å². The first-order valence-corrected chi connectivity index (χ1v) is 11.1. The quantitative estimate of drug-likeness (QED) is 0.746. The van der Waals surface area contributed by atoms with Crippen LogP contribution in [0.25, 0.3) is 0 Å². The van der Waals surface area contributed by atoms with E-state index in [0.717, 1.165) is 11.3 Å². The lowest BCUT2D eigenvalue weighted by atomic mass is 10.1. The van der Waals surface area contributed by atoms with Crippen LogP contribution >= 0.6 is 0 Å². The van der Waals surface area contributed by atoms with Gasteiger partial charge in [-0.25, -0.2) is 8.42 Å². The Morgan fingerprint density at radius 3 is 2.31 bits per heavy atom. The third-order valence-electron chi connectivity index (χ3n) is 4.89. The Labute approximate surface area is 171 Å². The van der Waals surface area contributed by atoms with Gasteiger partial charge in [-0.3, -0.25) is 4.79 Å². The molecule has 0 aliphatic carbocycles. The molecule has 156 valence electrons. The van der Waals surface area contributed by atoms with Crippen molar-refractivity contribution in [3.63, 3.8) is 0 Å². The van der Waals surface area contributed by atoms with E-state index in [-0.39, 0.29) is 17.7 Å². The lowest BCUT2D eigenvalue weighted by Crippen LogP contribution is -2.41. The molecule has 0 radical (unpaired) electrons. The average Bonchev–Trinajstić information content (AvgIpc) is 2.74. The minimum Gasteiger partial charge on any atom is -0.497 e. The highest BCUT2D eigenvalue weighted by atomic mass is 32.2. The molecule has 2 aromatic rings. The van der Waals surface area contributed by atoms with E-state index in [1.54, 1.807) is 31.4 Å². The molecule has 3 rings (SSSR count). The Morgan fingerprint density at radius 1 is 1.10 bits per heavy atom. The summed E-state index contributed by atoms with van der Waals surface area (Å²) in [5, 5.41) is 2.95. The number of ether oxygens (including phenoxy) is 2. The fourth-order valence-electron chi connectivity index (χ4n) is 3.13. The van der Waals surface area contributed by atoms with Gasteiger partial charge in [0.25, 0.3) is 5.91 Å². The number of carbonyl (C=O) groups excluding carboxylic acids is 1. The number of morpholine rings is 1. The number of rotatable bonds is 7. The van der Waals surface area contributed by atoms with E-state index in [0.29, 0.717) is 37.4 Å². The van der Waals surface area contributed by atoms with Crippen LogP contribution in [-0.2, 0) is 20.5 Å². The Hall–Kier alpha value is -2.42. The van der Waals surface area contributed by atoms with Crippen molar-refractivity contribution in [3.05, 3.63) is 65.2 Å². The number of nitrogens with zero attached hydrogens (tertiary/aromatic N) is 1. The Bertz CT molecular complexity index is 921. The standard InChI is InChI=1S/C21H26N2O5S/c1-16(18-7-9-20(27-2)10-8-18)22-21(24)19-5-3-17(4-6-19)15-29(25,26)23-11-13-28-14-12-23/h3-10,16H,11-15H2,1-2H3,(H,22,24). The van der Waals surface area contributed by atoms with Crippen LogP contribution in [0.1, 0.15) is 34.5 Å². The van der Waals surface area contributed by atoms with Gasteiger partial charge in [-0.1, -0.05) is 24.3 Å². The van der Waals surface area contributed by atoms with Crippen molar-refractivity contribution in [2.75, 3.05) is 33.4 Å². The van der Waals surface area contributed by atoms with Gasteiger partial charge in [-0.15, -0.1) is 0 Å². The monoisotopic (exact) mass is 418 g/mol. The SMILES string of the molecule is COc1ccc(C(C)NC(=O)c2ccc(CS(=O)(=O)N3CCOCC3)cc2)cc1. The highest BCUT2D eigenvalue weighted by molar-refractivity contribution is 7.88. The van der Waals surface area contributed by atoms with E-state index in [1.165, 1.54) is 4.31 Å². The molecular weight excluding hydrogens is 392 g/mol. The maximum Gasteiger partial charge on any atom is 0.251 e. The third-order valence-corrected chi connectivity index (χ3v) is 6.74. The van der Waals surface area contributed by atoms with Crippen molar-refractivity contribution in [3.8, 4) is 5.75 Å². The van der Waals surface area contributed by atoms with Crippen LogP contribution in [0.3, 0.4) is 0 Å². The van der Waals surface area contributed by atoms with Gasteiger partial charge in [-0.05, 0) is 42.3 Å². The molecule has 8 heteroatoms. The first-order valence-electron chi connectivity index (χ1n) is 9.48. The minimum absolute atomic E-state index is 0.0862. The molecule has 2 aromatic carbocycles. The number of hydrogen-bond donors (Lipinski definition) is 1. The summed E-state index contributed by atoms with van der Waals surface area (Å²) in [7, 11) is -1.78. The first kappa shape index (κ1) is 21.3. The van der Waals surface area contributed by atoms with Gasteiger partial charge in [0, 0.05) is 18.7 Å². The fourth-order valence-corrected chi connectivity index (χ4v) is 4.64. The molecular formula is C21H26N2O5S. The van der Waals surface area contributed by atoms with Crippen LogP contribution in [0.2, 0.25) is 0 Å². The predicted molar refractivity (Wildman–Crippen MR) is 110 cm³/mol. The molecule has 0 spiro atoms. The van der Waals surface area contributed by atoms with Crippen molar-refractivity contribution < 1.29 is 22.7 Å². The molecule has 0 saturated carbocycles. The van der Waals surface area contributed by atoms with Gasteiger partial charge < -0.3 is 14.8 Å². The summed E-state index contributed by atoms with van der Waals surface area (Å²) in [5.74, 6) is 0.461. The third kappa shape index (κ3) is 5.56. The van der Waals surface area contributed by atoms with Gasteiger partial charge in [0.05, 0.1) is 32.1 Å². The molecule has 1 heterocycles. The molecule has 1 saturated heterocycles. The predicted octanol–water partition coefficient (Wildman–Crippen LogP) is 2.35. The molecule has 1 fully saturated rings. The van der Waals surface area contributed by atoms with Crippen LogP contribution in [0.5, 0.6) is 5.75 Å². The van der Waals surface area contributed by atoms with Gasteiger partial charge in [0.15, 0.2) is 0 Å². The zero-order valence-electron chi connectivity index (χ0n) is 16.6. The van der Waals surface area contributed by atoms with Crippen molar-refractivity contribution in [1.82, 2.24) is 9.62 Å². The van der Waals surface area contributed by atoms with Gasteiger partial charge in [0.2, 0.25) is 10.0 Å². The number of hydrogen-bond acceptors (Lipinski definition) is 5. The minimum atomic E-state index is -3.39. The number of nitrogens with one attached hydrogen (secondary N) is 1. The highest BCUT2D eigenvalue weighted by Crippen LogP contribution is 2.18. The summed E-state index contributed by atoms with van der Waals surface area (Å²) < 4.78 is 36.8. The van der Waals surface area contributed by atoms with Gasteiger partial charge in [0.1, 0.15) is 5.75 Å². The zero-order valence-corrected chi connectivity index (χ0v) is 17.4. The van der Waals surface area contributed by atoms with Gasteiger partial charge in [-0.2, -0.15) is 4.31 Å². The van der Waals surface area contributed by atoms with Crippen molar-refractivity contribution >= 4 is 15.9 Å². The van der Waals surface area contributed by atoms with Crippen molar-refractivity contribution in [1.29, 1.82) is 0 Å². The lowest BCUT2D eigenvalue weighted by molar-refractivity contribution is 0.0729. The number of methoxy groups -OCH3 is 1. The van der Waals surface area contributed by atoms with Crippen LogP contribution in [-0.4, -0.2) is 52.0 Å². The summed E-state index contributed by atoms with van der Waals surface area (Å²) >= 11 is 0. The number of benzene rings is 2. The van der Waals surface area contributed by atoms with Crippen molar-refractivity contribution in [2.24, 2.45) is 0 Å². The average molecular weight is 419 g/mol. The molecule has 1 amide bonds. The molecule has 1 N–H and O–H groups in total. The molecule has 0 aromatic heterocycles. The molecule has 1 aliphatic heterocycles. The fraction of sp³-hybridized carbons (Fsp3) is 0.381. The maximum atomic E-state index is 12.5. The van der Waals surface area contributed by atoms with E-state index >= 15 is 0 Å². The second-order valence-electron chi connectivity index (χ2n) is 6.93. The Kier molecular flexibility index (Phi) is 6.89. The largest absolute Gasteiger partial charge is 0.497 e. The second-order valence-corrected chi connectivity index (χ2v) is 8.90. The first-order chi connectivity index (χ1) is 13.9. The van der Waals surface area contributed by atoms with E-state index in [4.69, 9.17) is 9.47 Å². The lowest BCUT2D eigenvalue weighted by Gasteiger charge is -2.26. The van der Waals surface area contributed by atoms with E-state index in [1.807, 2.05) is 31.2 Å². The second kappa shape index (κ2) is 9.39. The van der Waals surface area contributed by atoms with E-state index < -0.39 is 10.0 Å². The number of carbonyl (C=O) groups is 1. The maximum absolute atomic E-state index is 12.5. The molecule has 7 nitrogen and oxygen atoms in total. The molecule has 0 bridgehead atoms. The summed E-state index contributed by atoms with van der Waals surface area (Å²) in [6.07, 6.45) is 0. The number of amides is 1. The van der Waals surface area contributed by atoms with Crippen LogP contribution in [0, 0.1) is 0 Å². The summed E-state index contributed by atoms with van der Waals surface area (Å²) in [4.78, 5) is 12.5. The van der Waals surface area contributed by atoms with Crippen LogP contribution < -0.4 is 10.1 Å². The smallest absolute Gasteiger partial charge is 0.251 e. The molecule has 1 atom stereocenters. The Morgan fingerprint density at radius 2 is 1.72 bits per heavy atom. The Balaban J connectivity index is 1.60. The normalized spacial score (nSPS) is 16.2. The van der Waals surface area contributed by atoms with Crippen LogP contribution in [0.15, 0.2) is 48.5 Å².